The number of allylic oxidation sites excluding steroid dienone is 2. The molecule has 12 heavy (non-hydrogen) atoms. The normalized spacial score (nSPS) is 10.8. The lowest BCUT2D eigenvalue weighted by molar-refractivity contribution is -0.116. The average molecular weight is 168 g/mol. The minimum atomic E-state index is 0.250. The molecule has 0 saturated heterocycles. The maximum absolute atomic E-state index is 10.5. The Labute approximate surface area is 75.9 Å². The number of unbranched alkanes of at least 4 members (excludes halogenated alkanes) is 4. The van der Waals surface area contributed by atoms with Gasteiger partial charge in [-0.3, -0.25) is 4.79 Å². The first-order valence-corrected chi connectivity index (χ1v) is 4.91. The van der Waals surface area contributed by atoms with Gasteiger partial charge in [-0.15, -0.1) is 0 Å². The number of Topliss-reactive ketones (excluding diaryl/α,β-unsaturated/α-hetero) is 1. The van der Waals surface area contributed by atoms with Crippen LogP contribution in [0, 0.1) is 0 Å². The topological polar surface area (TPSA) is 17.1 Å². The third kappa shape index (κ3) is 9.41. The summed E-state index contributed by atoms with van der Waals surface area (Å²) in [6.07, 6.45) is 11.0. The molecule has 0 atom stereocenters. The van der Waals surface area contributed by atoms with Crippen LogP contribution in [0.25, 0.3) is 0 Å². The fourth-order valence-corrected chi connectivity index (χ4v) is 1.06. The van der Waals surface area contributed by atoms with Crippen molar-refractivity contribution < 1.29 is 4.79 Å². The quantitative estimate of drug-likeness (QED) is 0.420. The molecule has 0 aromatic heterocycles. The summed E-state index contributed by atoms with van der Waals surface area (Å²) >= 11 is 0. The van der Waals surface area contributed by atoms with Crippen molar-refractivity contribution in [2.45, 2.75) is 52.4 Å². The number of carbonyl (C=O) groups excluding carboxylic acids is 1. The van der Waals surface area contributed by atoms with E-state index in [-0.39, 0.29) is 5.78 Å². The molecule has 0 rings (SSSR count). The maximum Gasteiger partial charge on any atom is 0.133 e. The van der Waals surface area contributed by atoms with Crippen LogP contribution in [0.15, 0.2) is 12.2 Å². The average Bonchev–Trinajstić information content (AvgIpc) is 2.02. The van der Waals surface area contributed by atoms with E-state index >= 15 is 0 Å². The molecule has 0 heterocycles. The van der Waals surface area contributed by atoms with Crippen molar-refractivity contribution in [3.05, 3.63) is 12.2 Å². The molecule has 0 saturated carbocycles. The second kappa shape index (κ2) is 8.51. The highest BCUT2D eigenvalue weighted by Gasteiger charge is 1.86. The van der Waals surface area contributed by atoms with Crippen molar-refractivity contribution in [1.29, 1.82) is 0 Å². The van der Waals surface area contributed by atoms with Crippen LogP contribution in [0.1, 0.15) is 52.4 Å². The number of ketones is 1. The molecule has 0 aromatic rings. The zero-order valence-electron chi connectivity index (χ0n) is 8.31. The highest BCUT2D eigenvalue weighted by molar-refractivity contribution is 5.76. The highest BCUT2D eigenvalue weighted by Crippen LogP contribution is 2.03. The van der Waals surface area contributed by atoms with Gasteiger partial charge >= 0.3 is 0 Å². The summed E-state index contributed by atoms with van der Waals surface area (Å²) in [6.45, 7) is 3.84. The van der Waals surface area contributed by atoms with E-state index in [0.29, 0.717) is 6.42 Å². The van der Waals surface area contributed by atoms with Crippen LogP contribution in [0.2, 0.25) is 0 Å². The third-order valence-electron chi connectivity index (χ3n) is 1.80. The summed E-state index contributed by atoms with van der Waals surface area (Å²) in [5.74, 6) is 0.250. The van der Waals surface area contributed by atoms with Gasteiger partial charge in [0.05, 0.1) is 0 Å². The molecule has 70 valence electrons. The van der Waals surface area contributed by atoms with Gasteiger partial charge in [-0.2, -0.15) is 0 Å². The second-order valence-corrected chi connectivity index (χ2v) is 3.23. The molecule has 1 nitrogen and oxygen atoms in total. The molecule has 0 spiro atoms. The van der Waals surface area contributed by atoms with Crippen molar-refractivity contribution >= 4 is 5.78 Å². The SMILES string of the molecule is CCCCCCC=CCC(C)=O. The van der Waals surface area contributed by atoms with Gasteiger partial charge in [-0.1, -0.05) is 38.3 Å². The summed E-state index contributed by atoms with van der Waals surface area (Å²) in [4.78, 5) is 10.5. The van der Waals surface area contributed by atoms with Crippen LogP contribution in [0.4, 0.5) is 0 Å². The number of carbonyl (C=O) groups is 1. The van der Waals surface area contributed by atoms with Gasteiger partial charge in [-0.05, 0) is 19.8 Å². The van der Waals surface area contributed by atoms with Gasteiger partial charge in [0.2, 0.25) is 0 Å². The van der Waals surface area contributed by atoms with E-state index in [1.807, 2.05) is 6.08 Å². The first-order chi connectivity index (χ1) is 5.77. The summed E-state index contributed by atoms with van der Waals surface area (Å²) in [5, 5.41) is 0. The van der Waals surface area contributed by atoms with Crippen molar-refractivity contribution in [2.75, 3.05) is 0 Å². The maximum atomic E-state index is 10.5. The van der Waals surface area contributed by atoms with E-state index < -0.39 is 0 Å². The Kier molecular flexibility index (Phi) is 8.09. The van der Waals surface area contributed by atoms with Crippen LogP contribution in [0.3, 0.4) is 0 Å². The van der Waals surface area contributed by atoms with Gasteiger partial charge in [0.25, 0.3) is 0 Å². The Morgan fingerprint density at radius 1 is 1.17 bits per heavy atom. The largest absolute Gasteiger partial charge is 0.300 e. The van der Waals surface area contributed by atoms with Crippen molar-refractivity contribution in [3.8, 4) is 0 Å². The molecule has 0 bridgehead atoms. The van der Waals surface area contributed by atoms with E-state index in [1.165, 1.54) is 25.7 Å². The fourth-order valence-electron chi connectivity index (χ4n) is 1.06. The van der Waals surface area contributed by atoms with Gasteiger partial charge in [-0.25, -0.2) is 0 Å². The lowest BCUT2D eigenvalue weighted by atomic mass is 10.1. The van der Waals surface area contributed by atoms with Gasteiger partial charge in [0.15, 0.2) is 0 Å². The molecule has 0 aliphatic carbocycles. The Bertz CT molecular complexity index is 136. The molecule has 0 fully saturated rings. The lowest BCUT2D eigenvalue weighted by Gasteiger charge is -1.93. The number of hydrogen-bond donors (Lipinski definition) is 0. The molecule has 0 radical (unpaired) electrons. The molecule has 0 amide bonds. The van der Waals surface area contributed by atoms with E-state index in [1.54, 1.807) is 6.92 Å². The molecular weight excluding hydrogens is 148 g/mol. The molecule has 1 heteroatoms. The molecule has 0 aliphatic rings. The highest BCUT2D eigenvalue weighted by atomic mass is 16.1. The predicted octanol–water partition coefficient (Wildman–Crippen LogP) is 3.49. The predicted molar refractivity (Wildman–Crippen MR) is 53.2 cm³/mol. The summed E-state index contributed by atoms with van der Waals surface area (Å²) in [6, 6.07) is 0. The number of rotatable bonds is 7. The summed E-state index contributed by atoms with van der Waals surface area (Å²) in [7, 11) is 0. The first-order valence-electron chi connectivity index (χ1n) is 4.91. The summed E-state index contributed by atoms with van der Waals surface area (Å²) in [5.41, 5.74) is 0. The van der Waals surface area contributed by atoms with Gasteiger partial charge in [0.1, 0.15) is 5.78 Å². The minimum Gasteiger partial charge on any atom is -0.300 e. The standard InChI is InChI=1S/C11H20O/c1-3-4-5-6-7-8-9-10-11(2)12/h8-9H,3-7,10H2,1-2H3. The van der Waals surface area contributed by atoms with E-state index in [4.69, 9.17) is 0 Å². The smallest absolute Gasteiger partial charge is 0.133 e. The molecule has 0 aromatic carbocycles. The lowest BCUT2D eigenvalue weighted by Crippen LogP contribution is -1.83. The van der Waals surface area contributed by atoms with Crippen molar-refractivity contribution in [2.24, 2.45) is 0 Å². The molecule has 0 unspecified atom stereocenters. The Morgan fingerprint density at radius 2 is 1.92 bits per heavy atom. The van der Waals surface area contributed by atoms with Crippen molar-refractivity contribution in [3.63, 3.8) is 0 Å². The number of hydrogen-bond acceptors (Lipinski definition) is 1. The fraction of sp³-hybridized carbons (Fsp3) is 0.727. The van der Waals surface area contributed by atoms with Crippen LogP contribution in [-0.2, 0) is 4.79 Å². The van der Waals surface area contributed by atoms with Crippen LogP contribution in [-0.4, -0.2) is 5.78 Å². The Morgan fingerprint density at radius 3 is 2.50 bits per heavy atom. The van der Waals surface area contributed by atoms with E-state index in [2.05, 4.69) is 13.0 Å². The van der Waals surface area contributed by atoms with E-state index in [9.17, 15) is 4.79 Å². The summed E-state index contributed by atoms with van der Waals surface area (Å²) < 4.78 is 0. The zero-order chi connectivity index (χ0) is 9.23. The van der Waals surface area contributed by atoms with Crippen LogP contribution < -0.4 is 0 Å². The Hall–Kier alpha value is -0.590. The van der Waals surface area contributed by atoms with Crippen LogP contribution >= 0.6 is 0 Å². The van der Waals surface area contributed by atoms with Gasteiger partial charge in [0, 0.05) is 6.42 Å². The monoisotopic (exact) mass is 168 g/mol. The van der Waals surface area contributed by atoms with Crippen LogP contribution in [0.5, 0.6) is 0 Å². The minimum absolute atomic E-state index is 0.250. The van der Waals surface area contributed by atoms with E-state index in [0.717, 1.165) is 6.42 Å². The third-order valence-corrected chi connectivity index (χ3v) is 1.80. The molecular formula is C11H20O. The Balaban J connectivity index is 3.08. The van der Waals surface area contributed by atoms with Crippen molar-refractivity contribution in [1.82, 2.24) is 0 Å². The zero-order valence-corrected chi connectivity index (χ0v) is 8.31. The van der Waals surface area contributed by atoms with Gasteiger partial charge < -0.3 is 0 Å². The molecule has 0 aliphatic heterocycles. The molecule has 0 N–H and O–H groups in total. The first kappa shape index (κ1) is 11.4. The second-order valence-electron chi connectivity index (χ2n) is 3.23.